The number of hydrogen-bond donors (Lipinski definition) is 1. The molecule has 80 valence electrons. The van der Waals surface area contributed by atoms with E-state index >= 15 is 0 Å². The molecule has 4 heteroatoms. The highest BCUT2D eigenvalue weighted by molar-refractivity contribution is 5.89. The van der Waals surface area contributed by atoms with Gasteiger partial charge in [-0.05, 0) is 13.0 Å². The molecular weight excluding hydrogens is 190 g/mol. The molecule has 0 aliphatic heterocycles. The number of hydrogen-bond acceptors (Lipinski definition) is 3. The summed E-state index contributed by atoms with van der Waals surface area (Å²) in [5.41, 5.74) is 8.72. The van der Waals surface area contributed by atoms with Gasteiger partial charge in [-0.1, -0.05) is 6.07 Å². The van der Waals surface area contributed by atoms with E-state index in [2.05, 4.69) is 5.10 Å². The van der Waals surface area contributed by atoms with E-state index in [-0.39, 0.29) is 0 Å². The quantitative estimate of drug-likeness (QED) is 0.805. The first-order valence-electron chi connectivity index (χ1n) is 4.88. The highest BCUT2D eigenvalue weighted by Gasteiger charge is 2.13. The van der Waals surface area contributed by atoms with Crippen LogP contribution in [0.25, 0.3) is 10.9 Å². The molecule has 2 aromatic rings. The van der Waals surface area contributed by atoms with Crippen LogP contribution in [0.2, 0.25) is 0 Å². The highest BCUT2D eigenvalue weighted by atomic mass is 16.5. The van der Waals surface area contributed by atoms with Gasteiger partial charge in [-0.15, -0.1) is 0 Å². The zero-order valence-corrected chi connectivity index (χ0v) is 9.24. The van der Waals surface area contributed by atoms with Gasteiger partial charge in [-0.2, -0.15) is 5.10 Å². The first-order valence-corrected chi connectivity index (χ1v) is 4.88. The molecule has 0 radical (unpaired) electrons. The van der Waals surface area contributed by atoms with Crippen molar-refractivity contribution in [2.24, 2.45) is 12.8 Å². The fraction of sp³-hybridized carbons (Fsp3) is 0.364. The summed E-state index contributed by atoms with van der Waals surface area (Å²) in [5.74, 6) is 0.848. The summed E-state index contributed by atoms with van der Waals surface area (Å²) in [6.07, 6.45) is 0. The molecule has 15 heavy (non-hydrogen) atoms. The van der Waals surface area contributed by atoms with Crippen LogP contribution < -0.4 is 10.5 Å². The average molecular weight is 205 g/mol. The SMILES string of the molecule is COc1c(CN)ccc2nn(C)c(C)c12. The van der Waals surface area contributed by atoms with Crippen molar-refractivity contribution in [2.75, 3.05) is 7.11 Å². The van der Waals surface area contributed by atoms with Crippen LogP contribution in [-0.4, -0.2) is 16.9 Å². The van der Waals surface area contributed by atoms with Crippen LogP contribution in [0.15, 0.2) is 12.1 Å². The van der Waals surface area contributed by atoms with Gasteiger partial charge in [0.2, 0.25) is 0 Å². The molecule has 0 amide bonds. The van der Waals surface area contributed by atoms with Crippen LogP contribution in [0, 0.1) is 6.92 Å². The van der Waals surface area contributed by atoms with Crippen molar-refractivity contribution in [3.63, 3.8) is 0 Å². The fourth-order valence-electron chi connectivity index (χ4n) is 1.84. The lowest BCUT2D eigenvalue weighted by molar-refractivity contribution is 0.414. The summed E-state index contributed by atoms with van der Waals surface area (Å²) in [7, 11) is 3.59. The standard InChI is InChI=1S/C11H15N3O/c1-7-10-9(13-14(7)2)5-4-8(6-12)11(10)15-3/h4-5H,6,12H2,1-3H3. The molecular formula is C11H15N3O. The number of nitrogens with zero attached hydrogens (tertiary/aromatic N) is 2. The Kier molecular flexibility index (Phi) is 2.36. The molecule has 0 unspecified atom stereocenters. The minimum Gasteiger partial charge on any atom is -0.496 e. The second kappa shape index (κ2) is 3.55. The molecule has 0 saturated carbocycles. The van der Waals surface area contributed by atoms with Crippen molar-refractivity contribution >= 4 is 10.9 Å². The first-order chi connectivity index (χ1) is 7.19. The summed E-state index contributed by atoms with van der Waals surface area (Å²) >= 11 is 0. The zero-order valence-electron chi connectivity index (χ0n) is 9.24. The number of ether oxygens (including phenoxy) is 1. The van der Waals surface area contributed by atoms with E-state index in [4.69, 9.17) is 10.5 Å². The number of nitrogens with two attached hydrogens (primary N) is 1. The van der Waals surface area contributed by atoms with Crippen molar-refractivity contribution < 1.29 is 4.74 Å². The average Bonchev–Trinajstić information content (AvgIpc) is 2.54. The normalized spacial score (nSPS) is 10.9. The maximum absolute atomic E-state index is 5.67. The highest BCUT2D eigenvalue weighted by Crippen LogP contribution is 2.31. The molecule has 2 rings (SSSR count). The van der Waals surface area contributed by atoms with E-state index in [9.17, 15) is 0 Å². The predicted molar refractivity (Wildman–Crippen MR) is 59.9 cm³/mol. The third-order valence-electron chi connectivity index (χ3n) is 2.75. The largest absolute Gasteiger partial charge is 0.496 e. The van der Waals surface area contributed by atoms with Crippen LogP contribution in [0.5, 0.6) is 5.75 Å². The van der Waals surface area contributed by atoms with Crippen LogP contribution in [-0.2, 0) is 13.6 Å². The molecule has 0 atom stereocenters. The number of rotatable bonds is 2. The number of fused-ring (bicyclic) bond motifs is 1. The molecule has 1 aromatic heterocycles. The van der Waals surface area contributed by atoms with Crippen LogP contribution in [0.1, 0.15) is 11.3 Å². The summed E-state index contributed by atoms with van der Waals surface area (Å²) in [4.78, 5) is 0. The van der Waals surface area contributed by atoms with Gasteiger partial charge in [0.25, 0.3) is 0 Å². The van der Waals surface area contributed by atoms with Crippen molar-refractivity contribution in [2.45, 2.75) is 13.5 Å². The molecule has 4 nitrogen and oxygen atoms in total. The van der Waals surface area contributed by atoms with Gasteiger partial charge in [-0.3, -0.25) is 4.68 Å². The summed E-state index contributed by atoms with van der Waals surface area (Å²) in [5, 5.41) is 5.45. The molecule has 1 heterocycles. The van der Waals surface area contributed by atoms with Crippen molar-refractivity contribution in [1.29, 1.82) is 0 Å². The number of benzene rings is 1. The lowest BCUT2D eigenvalue weighted by atomic mass is 10.1. The van der Waals surface area contributed by atoms with Crippen LogP contribution >= 0.6 is 0 Å². The maximum atomic E-state index is 5.67. The van der Waals surface area contributed by atoms with Crippen LogP contribution in [0.4, 0.5) is 0 Å². The van der Waals surface area contributed by atoms with Gasteiger partial charge in [0, 0.05) is 24.8 Å². The van der Waals surface area contributed by atoms with Crippen LogP contribution in [0.3, 0.4) is 0 Å². The van der Waals surface area contributed by atoms with Crippen molar-refractivity contribution in [3.8, 4) is 5.75 Å². The lowest BCUT2D eigenvalue weighted by Gasteiger charge is -2.07. The molecule has 0 aliphatic rings. The third-order valence-corrected chi connectivity index (χ3v) is 2.75. The number of aryl methyl sites for hydroxylation is 2. The molecule has 0 aliphatic carbocycles. The molecule has 2 N–H and O–H groups in total. The Bertz CT molecular complexity index is 502. The minimum atomic E-state index is 0.480. The van der Waals surface area contributed by atoms with Gasteiger partial charge >= 0.3 is 0 Å². The Labute approximate surface area is 88.6 Å². The smallest absolute Gasteiger partial charge is 0.134 e. The first kappa shape index (κ1) is 9.98. The van der Waals surface area contributed by atoms with Gasteiger partial charge in [-0.25, -0.2) is 0 Å². The molecule has 1 aromatic carbocycles. The Balaban J connectivity index is 2.85. The lowest BCUT2D eigenvalue weighted by Crippen LogP contribution is -2.00. The van der Waals surface area contributed by atoms with E-state index in [1.54, 1.807) is 7.11 Å². The summed E-state index contributed by atoms with van der Waals surface area (Å²) < 4.78 is 7.26. The van der Waals surface area contributed by atoms with E-state index in [1.165, 1.54) is 0 Å². The van der Waals surface area contributed by atoms with E-state index in [1.807, 2.05) is 30.8 Å². The van der Waals surface area contributed by atoms with Gasteiger partial charge in [0.05, 0.1) is 18.0 Å². The van der Waals surface area contributed by atoms with Gasteiger partial charge < -0.3 is 10.5 Å². The van der Waals surface area contributed by atoms with Crippen molar-refractivity contribution in [3.05, 3.63) is 23.4 Å². The Hall–Kier alpha value is -1.55. The third kappa shape index (κ3) is 1.37. The maximum Gasteiger partial charge on any atom is 0.134 e. The predicted octanol–water partition coefficient (Wildman–Crippen LogP) is 1.35. The number of methoxy groups -OCH3 is 1. The second-order valence-corrected chi connectivity index (χ2v) is 3.57. The molecule has 0 fully saturated rings. The number of aromatic nitrogens is 2. The Morgan fingerprint density at radius 1 is 1.47 bits per heavy atom. The van der Waals surface area contributed by atoms with E-state index in [0.29, 0.717) is 6.54 Å². The molecule has 0 saturated heterocycles. The molecule has 0 spiro atoms. The molecule has 0 bridgehead atoms. The fourth-order valence-corrected chi connectivity index (χ4v) is 1.84. The van der Waals surface area contributed by atoms with Crippen molar-refractivity contribution in [1.82, 2.24) is 9.78 Å². The van der Waals surface area contributed by atoms with Gasteiger partial charge in [0.1, 0.15) is 5.75 Å². The Morgan fingerprint density at radius 2 is 2.20 bits per heavy atom. The van der Waals surface area contributed by atoms with E-state index < -0.39 is 0 Å². The minimum absolute atomic E-state index is 0.480. The zero-order chi connectivity index (χ0) is 11.0. The summed E-state index contributed by atoms with van der Waals surface area (Å²) in [6, 6.07) is 3.95. The van der Waals surface area contributed by atoms with Gasteiger partial charge in [0.15, 0.2) is 0 Å². The van der Waals surface area contributed by atoms with E-state index in [0.717, 1.165) is 27.9 Å². The Morgan fingerprint density at radius 3 is 2.80 bits per heavy atom. The second-order valence-electron chi connectivity index (χ2n) is 3.57. The summed E-state index contributed by atoms with van der Waals surface area (Å²) in [6.45, 7) is 2.51. The topological polar surface area (TPSA) is 53.1 Å². The monoisotopic (exact) mass is 205 g/mol.